The van der Waals surface area contributed by atoms with Crippen molar-refractivity contribution >= 4 is 44.1 Å². The van der Waals surface area contributed by atoms with Crippen LogP contribution < -0.4 is 5.32 Å². The number of halogens is 1. The molecule has 112 valence electrons. The predicted octanol–water partition coefficient (Wildman–Crippen LogP) is 4.45. The van der Waals surface area contributed by atoms with Crippen LogP contribution in [0.2, 0.25) is 0 Å². The summed E-state index contributed by atoms with van der Waals surface area (Å²) in [6.45, 7) is 4.28. The number of thiazole rings is 1. The minimum Gasteiger partial charge on any atom is -0.466 e. The van der Waals surface area contributed by atoms with Crippen molar-refractivity contribution in [3.8, 4) is 0 Å². The van der Waals surface area contributed by atoms with Crippen LogP contribution in [-0.4, -0.2) is 17.6 Å². The van der Waals surface area contributed by atoms with Crippen molar-refractivity contribution in [1.29, 1.82) is 0 Å². The van der Waals surface area contributed by atoms with Crippen LogP contribution in [0.25, 0.3) is 0 Å². The molecule has 0 atom stereocenters. The van der Waals surface area contributed by atoms with E-state index in [-0.39, 0.29) is 5.97 Å². The van der Waals surface area contributed by atoms with Crippen molar-refractivity contribution < 1.29 is 9.53 Å². The summed E-state index contributed by atoms with van der Waals surface area (Å²) in [4.78, 5) is 15.8. The van der Waals surface area contributed by atoms with E-state index in [2.05, 4.69) is 26.2 Å². The van der Waals surface area contributed by atoms with Gasteiger partial charge in [-0.3, -0.25) is 4.79 Å². The first-order valence-electron chi connectivity index (χ1n) is 6.71. The Morgan fingerprint density at radius 2 is 2.29 bits per heavy atom. The fourth-order valence-corrected chi connectivity index (χ4v) is 2.88. The highest BCUT2D eigenvalue weighted by Gasteiger charge is 2.07. The van der Waals surface area contributed by atoms with Crippen LogP contribution >= 0.6 is 27.3 Å². The standard InChI is InChI=1S/C15H17BrN2O2S/c1-3-20-14(19)7-6-12-9-21-15(18-12)17-11-5-4-10(2)13(16)8-11/h4-5,8-9H,3,6-7H2,1-2H3,(H,17,18). The number of carbonyl (C=O) groups is 1. The van der Waals surface area contributed by atoms with Crippen LogP contribution in [0.4, 0.5) is 10.8 Å². The summed E-state index contributed by atoms with van der Waals surface area (Å²) in [5, 5.41) is 6.05. The molecular weight excluding hydrogens is 352 g/mol. The number of benzene rings is 1. The van der Waals surface area contributed by atoms with Crippen molar-refractivity contribution in [3.05, 3.63) is 39.3 Å². The van der Waals surface area contributed by atoms with E-state index in [1.54, 1.807) is 0 Å². The van der Waals surface area contributed by atoms with Crippen molar-refractivity contribution in [2.75, 3.05) is 11.9 Å². The highest BCUT2D eigenvalue weighted by Crippen LogP contribution is 2.25. The van der Waals surface area contributed by atoms with Crippen molar-refractivity contribution in [3.63, 3.8) is 0 Å². The lowest BCUT2D eigenvalue weighted by atomic mass is 10.2. The summed E-state index contributed by atoms with van der Waals surface area (Å²) < 4.78 is 5.97. The molecule has 0 spiro atoms. The topological polar surface area (TPSA) is 51.2 Å². The third-order valence-corrected chi connectivity index (χ3v) is 4.53. The van der Waals surface area contributed by atoms with Crippen LogP contribution in [0.5, 0.6) is 0 Å². The van der Waals surface area contributed by atoms with Gasteiger partial charge in [-0.2, -0.15) is 0 Å². The molecule has 0 unspecified atom stereocenters. The number of aryl methyl sites for hydroxylation is 2. The molecule has 2 aromatic rings. The fraction of sp³-hybridized carbons (Fsp3) is 0.333. The smallest absolute Gasteiger partial charge is 0.306 e. The number of aromatic nitrogens is 1. The molecular formula is C15H17BrN2O2S. The maximum Gasteiger partial charge on any atom is 0.306 e. The summed E-state index contributed by atoms with van der Waals surface area (Å²) >= 11 is 5.04. The molecule has 6 heteroatoms. The number of nitrogens with zero attached hydrogens (tertiary/aromatic N) is 1. The summed E-state index contributed by atoms with van der Waals surface area (Å²) in [6, 6.07) is 6.08. The second kappa shape index (κ2) is 7.56. The van der Waals surface area contributed by atoms with E-state index in [9.17, 15) is 4.79 Å². The molecule has 1 N–H and O–H groups in total. The van der Waals surface area contributed by atoms with E-state index >= 15 is 0 Å². The molecule has 0 bridgehead atoms. The number of hydrogen-bond donors (Lipinski definition) is 1. The molecule has 0 aliphatic heterocycles. The zero-order valence-corrected chi connectivity index (χ0v) is 14.4. The summed E-state index contributed by atoms with van der Waals surface area (Å²) in [6.07, 6.45) is 0.974. The van der Waals surface area contributed by atoms with Gasteiger partial charge in [0.25, 0.3) is 0 Å². The average Bonchev–Trinajstić information content (AvgIpc) is 2.89. The highest BCUT2D eigenvalue weighted by molar-refractivity contribution is 9.10. The van der Waals surface area contributed by atoms with Gasteiger partial charge in [0.15, 0.2) is 5.13 Å². The number of hydrogen-bond acceptors (Lipinski definition) is 5. The van der Waals surface area contributed by atoms with Crippen LogP contribution in [0, 0.1) is 6.92 Å². The Labute approximate surface area is 136 Å². The second-order valence-corrected chi connectivity index (χ2v) is 6.25. The molecule has 1 aromatic heterocycles. The third-order valence-electron chi connectivity index (χ3n) is 2.87. The van der Waals surface area contributed by atoms with Gasteiger partial charge in [0.1, 0.15) is 0 Å². The lowest BCUT2D eigenvalue weighted by Gasteiger charge is -2.04. The van der Waals surface area contributed by atoms with Gasteiger partial charge in [-0.05, 0) is 31.5 Å². The summed E-state index contributed by atoms with van der Waals surface area (Å²) in [7, 11) is 0. The molecule has 21 heavy (non-hydrogen) atoms. The third kappa shape index (κ3) is 4.82. The van der Waals surface area contributed by atoms with Crippen LogP contribution in [0.15, 0.2) is 28.1 Å². The van der Waals surface area contributed by atoms with Gasteiger partial charge in [0.2, 0.25) is 0 Å². The van der Waals surface area contributed by atoms with Crippen LogP contribution in [0.3, 0.4) is 0 Å². The lowest BCUT2D eigenvalue weighted by Crippen LogP contribution is -2.05. The Morgan fingerprint density at radius 3 is 3.00 bits per heavy atom. The molecule has 0 fully saturated rings. The molecule has 0 aliphatic rings. The number of esters is 1. The molecule has 2 rings (SSSR count). The van der Waals surface area contributed by atoms with E-state index in [0.29, 0.717) is 19.4 Å². The van der Waals surface area contributed by atoms with Crippen LogP contribution in [-0.2, 0) is 16.0 Å². The maximum atomic E-state index is 11.3. The van der Waals surface area contributed by atoms with E-state index in [4.69, 9.17) is 4.74 Å². The molecule has 1 aromatic carbocycles. The quantitative estimate of drug-likeness (QED) is 0.765. The van der Waals surface area contributed by atoms with E-state index in [0.717, 1.165) is 21.0 Å². The normalized spacial score (nSPS) is 10.4. The van der Waals surface area contributed by atoms with Gasteiger partial charge < -0.3 is 10.1 Å². The molecule has 4 nitrogen and oxygen atoms in total. The number of nitrogens with one attached hydrogen (secondary N) is 1. The highest BCUT2D eigenvalue weighted by atomic mass is 79.9. The first kappa shape index (κ1) is 16.0. The zero-order valence-electron chi connectivity index (χ0n) is 12.0. The Balaban J connectivity index is 1.93. The van der Waals surface area contributed by atoms with Gasteiger partial charge in [-0.15, -0.1) is 11.3 Å². The Hall–Kier alpha value is -1.40. The van der Waals surface area contributed by atoms with E-state index < -0.39 is 0 Å². The number of ether oxygens (including phenoxy) is 1. The first-order chi connectivity index (χ1) is 10.1. The Kier molecular flexibility index (Phi) is 5.76. The van der Waals surface area contributed by atoms with Gasteiger partial charge in [0, 0.05) is 22.0 Å². The molecule has 0 amide bonds. The monoisotopic (exact) mass is 368 g/mol. The van der Waals surface area contributed by atoms with Crippen molar-refractivity contribution in [2.45, 2.75) is 26.7 Å². The Morgan fingerprint density at radius 1 is 1.48 bits per heavy atom. The van der Waals surface area contributed by atoms with E-state index in [1.807, 2.05) is 37.4 Å². The lowest BCUT2D eigenvalue weighted by molar-refractivity contribution is -0.143. The first-order valence-corrected chi connectivity index (χ1v) is 8.39. The molecule has 0 saturated heterocycles. The van der Waals surface area contributed by atoms with E-state index in [1.165, 1.54) is 16.9 Å². The fourth-order valence-electron chi connectivity index (χ4n) is 1.74. The minimum absolute atomic E-state index is 0.178. The summed E-state index contributed by atoms with van der Waals surface area (Å²) in [5.74, 6) is -0.178. The number of rotatable bonds is 6. The zero-order chi connectivity index (χ0) is 15.2. The van der Waals surface area contributed by atoms with Crippen molar-refractivity contribution in [2.24, 2.45) is 0 Å². The predicted molar refractivity (Wildman–Crippen MR) is 89.2 cm³/mol. The molecule has 0 aliphatic carbocycles. The minimum atomic E-state index is -0.178. The summed E-state index contributed by atoms with van der Waals surface area (Å²) in [5.41, 5.74) is 3.08. The molecule has 0 saturated carbocycles. The number of anilines is 2. The van der Waals surface area contributed by atoms with Gasteiger partial charge >= 0.3 is 5.97 Å². The molecule has 0 radical (unpaired) electrons. The van der Waals surface area contributed by atoms with Gasteiger partial charge in [-0.1, -0.05) is 22.0 Å². The van der Waals surface area contributed by atoms with Gasteiger partial charge in [0.05, 0.1) is 18.7 Å². The average molecular weight is 369 g/mol. The van der Waals surface area contributed by atoms with Crippen molar-refractivity contribution in [1.82, 2.24) is 4.98 Å². The largest absolute Gasteiger partial charge is 0.466 e. The molecule has 1 heterocycles. The Bertz CT molecular complexity index is 628. The second-order valence-electron chi connectivity index (χ2n) is 4.54. The van der Waals surface area contributed by atoms with Gasteiger partial charge in [-0.25, -0.2) is 4.98 Å². The maximum absolute atomic E-state index is 11.3. The SMILES string of the molecule is CCOC(=O)CCc1csc(Nc2ccc(C)c(Br)c2)n1. The van der Waals surface area contributed by atoms with Crippen LogP contribution in [0.1, 0.15) is 24.6 Å². The number of carbonyl (C=O) groups excluding carboxylic acids is 1.